The summed E-state index contributed by atoms with van der Waals surface area (Å²) < 4.78 is 20.3. The Morgan fingerprint density at radius 3 is 2.47 bits per heavy atom. The minimum Gasteiger partial charge on any atom is -0.497 e. The second kappa shape index (κ2) is 9.05. The summed E-state index contributed by atoms with van der Waals surface area (Å²) in [4.78, 5) is 20.1. The Hall–Kier alpha value is -3.31. The molecular weight excluding hydrogens is 403 g/mol. The van der Waals surface area contributed by atoms with Gasteiger partial charge in [-0.1, -0.05) is 50.2 Å². The normalized spacial score (nSPS) is 19.8. The molecule has 1 saturated heterocycles. The van der Waals surface area contributed by atoms with Gasteiger partial charge < -0.3 is 4.74 Å². The summed E-state index contributed by atoms with van der Waals surface area (Å²) in [5, 5.41) is 0. The average molecular weight is 431 g/mol. The molecule has 1 unspecified atom stereocenters. The van der Waals surface area contributed by atoms with Crippen LogP contribution in [-0.4, -0.2) is 29.3 Å². The summed E-state index contributed by atoms with van der Waals surface area (Å²) in [6, 6.07) is 19.6. The van der Waals surface area contributed by atoms with Crippen LogP contribution in [0.2, 0.25) is 0 Å². The lowest BCUT2D eigenvalue weighted by molar-refractivity contribution is -0.128. The van der Waals surface area contributed by atoms with Crippen molar-refractivity contribution in [3.63, 3.8) is 0 Å². The zero-order valence-electron chi connectivity index (χ0n) is 18.6. The topological polar surface area (TPSA) is 42.4 Å². The Morgan fingerprint density at radius 1 is 1.09 bits per heavy atom. The fourth-order valence-electron chi connectivity index (χ4n) is 4.32. The number of likely N-dealkylation sites (tertiary alicyclic amines) is 1. The van der Waals surface area contributed by atoms with Gasteiger partial charge in [-0.3, -0.25) is 14.7 Å². The quantitative estimate of drug-likeness (QED) is 0.504. The number of hydrogen-bond donors (Lipinski definition) is 0. The van der Waals surface area contributed by atoms with Crippen LogP contribution in [0.4, 0.5) is 4.39 Å². The summed E-state index contributed by atoms with van der Waals surface area (Å²) in [6.07, 6.45) is 3.50. The molecule has 0 radical (unpaired) electrons. The average Bonchev–Trinajstić information content (AvgIpc) is 2.79. The standard InChI is InChI=1S/C27H27FN2O2/c1-27(2)18-30(17-19-11-13-21(32-3)14-12-19)25(22-9-4-5-10-24(22)28)23(26(27)31)16-20-8-6-7-15-29-20/h4-16,25H,17-18H2,1-3H3/b23-16+. The second-order valence-electron chi connectivity index (χ2n) is 8.74. The summed E-state index contributed by atoms with van der Waals surface area (Å²) in [6.45, 7) is 4.97. The van der Waals surface area contributed by atoms with E-state index >= 15 is 4.39 Å². The van der Waals surface area contributed by atoms with E-state index in [9.17, 15) is 4.79 Å². The van der Waals surface area contributed by atoms with Crippen LogP contribution in [0, 0.1) is 11.2 Å². The Balaban J connectivity index is 1.83. The molecule has 1 aromatic heterocycles. The van der Waals surface area contributed by atoms with Crippen molar-refractivity contribution in [2.24, 2.45) is 5.41 Å². The maximum absolute atomic E-state index is 15.0. The van der Waals surface area contributed by atoms with Gasteiger partial charge in [-0.2, -0.15) is 0 Å². The number of ether oxygens (including phenoxy) is 1. The molecule has 3 aromatic rings. The van der Waals surface area contributed by atoms with Gasteiger partial charge >= 0.3 is 0 Å². The monoisotopic (exact) mass is 430 g/mol. The molecule has 5 heteroatoms. The molecule has 2 aromatic carbocycles. The number of pyridine rings is 1. The van der Waals surface area contributed by atoms with Crippen molar-refractivity contribution in [1.82, 2.24) is 9.88 Å². The lowest BCUT2D eigenvalue weighted by atomic mass is 9.74. The molecule has 1 aliphatic heterocycles. The van der Waals surface area contributed by atoms with Gasteiger partial charge in [0.2, 0.25) is 0 Å². The fourth-order valence-corrected chi connectivity index (χ4v) is 4.32. The van der Waals surface area contributed by atoms with Gasteiger partial charge in [-0.05, 0) is 42.0 Å². The summed E-state index contributed by atoms with van der Waals surface area (Å²) in [7, 11) is 1.64. The molecule has 4 rings (SSSR count). The van der Waals surface area contributed by atoms with Gasteiger partial charge in [0.15, 0.2) is 5.78 Å². The number of nitrogens with zero attached hydrogens (tertiary/aromatic N) is 2. The van der Waals surface area contributed by atoms with Gasteiger partial charge in [0, 0.05) is 35.8 Å². The number of piperidine rings is 1. The maximum atomic E-state index is 15.0. The number of rotatable bonds is 5. The number of carbonyl (C=O) groups excluding carboxylic acids is 1. The van der Waals surface area contributed by atoms with Crippen molar-refractivity contribution in [2.45, 2.75) is 26.4 Å². The molecule has 2 heterocycles. The Kier molecular flexibility index (Phi) is 6.19. The minimum absolute atomic E-state index is 0.0161. The molecule has 0 bridgehead atoms. The molecule has 4 nitrogen and oxygen atoms in total. The first kappa shape index (κ1) is 21.9. The number of benzene rings is 2. The van der Waals surface area contributed by atoms with E-state index in [4.69, 9.17) is 4.74 Å². The van der Waals surface area contributed by atoms with Gasteiger partial charge in [-0.25, -0.2) is 4.39 Å². The third-order valence-electron chi connectivity index (χ3n) is 5.87. The van der Waals surface area contributed by atoms with Crippen molar-refractivity contribution in [3.05, 3.63) is 101 Å². The highest BCUT2D eigenvalue weighted by atomic mass is 19.1. The molecule has 164 valence electrons. The predicted octanol–water partition coefficient (Wildman–Crippen LogP) is 5.47. The van der Waals surface area contributed by atoms with Crippen molar-refractivity contribution in [3.8, 4) is 5.75 Å². The van der Waals surface area contributed by atoms with E-state index in [-0.39, 0.29) is 11.6 Å². The number of halogens is 1. The molecule has 0 spiro atoms. The highest BCUT2D eigenvalue weighted by molar-refractivity contribution is 6.05. The second-order valence-corrected chi connectivity index (χ2v) is 8.74. The minimum atomic E-state index is -0.616. The van der Waals surface area contributed by atoms with Crippen LogP contribution in [0.25, 0.3) is 6.08 Å². The molecule has 32 heavy (non-hydrogen) atoms. The zero-order valence-corrected chi connectivity index (χ0v) is 18.6. The smallest absolute Gasteiger partial charge is 0.167 e. The molecule has 0 amide bonds. The summed E-state index contributed by atoms with van der Waals surface area (Å²) in [5.74, 6) is 0.475. The fraction of sp³-hybridized carbons (Fsp3) is 0.259. The van der Waals surface area contributed by atoms with Crippen molar-refractivity contribution in [1.29, 1.82) is 0 Å². The van der Waals surface area contributed by atoms with E-state index in [0.717, 1.165) is 11.3 Å². The molecule has 0 N–H and O–H groups in total. The third-order valence-corrected chi connectivity index (χ3v) is 5.87. The van der Waals surface area contributed by atoms with Crippen molar-refractivity contribution >= 4 is 11.9 Å². The Morgan fingerprint density at radius 2 is 1.81 bits per heavy atom. The Labute approximate surface area is 188 Å². The van der Waals surface area contributed by atoms with Gasteiger partial charge in [-0.15, -0.1) is 0 Å². The van der Waals surface area contributed by atoms with E-state index in [1.165, 1.54) is 6.07 Å². The van der Waals surface area contributed by atoms with Crippen molar-refractivity contribution < 1.29 is 13.9 Å². The largest absolute Gasteiger partial charge is 0.497 e. The Bertz CT molecular complexity index is 1120. The van der Waals surface area contributed by atoms with Gasteiger partial charge in [0.25, 0.3) is 0 Å². The van der Waals surface area contributed by atoms with Crippen LogP contribution in [0.15, 0.2) is 78.5 Å². The number of hydrogen-bond acceptors (Lipinski definition) is 4. The molecule has 0 saturated carbocycles. The lowest BCUT2D eigenvalue weighted by Gasteiger charge is -2.44. The first-order chi connectivity index (χ1) is 15.4. The summed E-state index contributed by atoms with van der Waals surface area (Å²) in [5.41, 5.74) is 2.17. The van der Waals surface area contributed by atoms with E-state index < -0.39 is 11.5 Å². The van der Waals surface area contributed by atoms with E-state index in [2.05, 4.69) is 9.88 Å². The van der Waals surface area contributed by atoms with Crippen LogP contribution in [0.1, 0.15) is 36.7 Å². The molecule has 1 fully saturated rings. The van der Waals surface area contributed by atoms with Crippen LogP contribution < -0.4 is 4.74 Å². The van der Waals surface area contributed by atoms with Gasteiger partial charge in [0.05, 0.1) is 18.8 Å². The van der Waals surface area contributed by atoms with E-state index in [1.54, 1.807) is 31.5 Å². The highest BCUT2D eigenvalue weighted by Crippen LogP contribution is 2.43. The number of aromatic nitrogens is 1. The first-order valence-electron chi connectivity index (χ1n) is 10.7. The first-order valence-corrected chi connectivity index (χ1v) is 10.7. The van der Waals surface area contributed by atoms with Crippen LogP contribution in [-0.2, 0) is 11.3 Å². The third kappa shape index (κ3) is 4.48. The molecular formula is C27H27FN2O2. The predicted molar refractivity (Wildman–Crippen MR) is 124 cm³/mol. The van der Waals surface area contributed by atoms with Gasteiger partial charge in [0.1, 0.15) is 11.6 Å². The maximum Gasteiger partial charge on any atom is 0.167 e. The lowest BCUT2D eigenvalue weighted by Crippen LogP contribution is -2.49. The van der Waals surface area contributed by atoms with Crippen LogP contribution in [0.3, 0.4) is 0 Å². The van der Waals surface area contributed by atoms with E-state index in [1.807, 2.05) is 62.4 Å². The molecule has 0 aliphatic carbocycles. The number of ketones is 1. The van der Waals surface area contributed by atoms with Crippen molar-refractivity contribution in [2.75, 3.05) is 13.7 Å². The zero-order chi connectivity index (χ0) is 22.7. The number of Topliss-reactive ketones (excluding diaryl/α,β-unsaturated/α-hetero) is 1. The SMILES string of the molecule is COc1ccc(CN2CC(C)(C)C(=O)/C(=C/c3ccccn3)C2c2ccccc2F)cc1. The molecule has 1 atom stereocenters. The highest BCUT2D eigenvalue weighted by Gasteiger charge is 2.44. The van der Waals surface area contributed by atoms with Crippen LogP contribution >= 0.6 is 0 Å². The van der Waals surface area contributed by atoms with Crippen LogP contribution in [0.5, 0.6) is 5.75 Å². The van der Waals surface area contributed by atoms with E-state index in [0.29, 0.717) is 29.9 Å². The number of methoxy groups -OCH3 is 1. The molecule has 1 aliphatic rings. The summed E-state index contributed by atoms with van der Waals surface area (Å²) >= 11 is 0. The number of carbonyl (C=O) groups is 1.